The molecule has 0 saturated heterocycles. The second-order valence-corrected chi connectivity index (χ2v) is 7.07. The molecule has 0 heterocycles. The normalized spacial score (nSPS) is 11.1. The van der Waals surface area contributed by atoms with E-state index in [1.807, 2.05) is 66.7 Å². The largest absolute Gasteiger partial charge is 0.289 e. The number of hydrogen-bond donors (Lipinski definition) is 0. The summed E-state index contributed by atoms with van der Waals surface area (Å²) in [6, 6.07) is 30.2. The zero-order valence-electron chi connectivity index (χ0n) is 15.1. The Bertz CT molecular complexity index is 830. The summed E-state index contributed by atoms with van der Waals surface area (Å²) in [4.78, 5) is 13.9. The monoisotopic (exact) mass is 359 g/mol. The lowest BCUT2D eigenvalue weighted by Crippen LogP contribution is -2.41. The van der Waals surface area contributed by atoms with E-state index >= 15 is 0 Å². The van der Waals surface area contributed by atoms with Crippen molar-refractivity contribution in [3.05, 3.63) is 108 Å². The van der Waals surface area contributed by atoms with Gasteiger partial charge in [0, 0.05) is 5.56 Å². The van der Waals surface area contributed by atoms with Crippen LogP contribution in [0.25, 0.3) is 0 Å². The Morgan fingerprint density at radius 3 is 1.62 bits per heavy atom. The van der Waals surface area contributed by atoms with Gasteiger partial charge in [-0.3, -0.25) is 4.79 Å². The summed E-state index contributed by atoms with van der Waals surface area (Å²) in [6.07, 6.45) is 1.69. The van der Waals surface area contributed by atoms with Crippen LogP contribution in [0.3, 0.4) is 0 Å². The fourth-order valence-corrected chi connectivity index (χ4v) is 4.07. The van der Waals surface area contributed by atoms with Crippen LogP contribution in [-0.4, -0.2) is 11.1 Å². The van der Waals surface area contributed by atoms with Crippen LogP contribution in [0.4, 0.5) is 0 Å². The fraction of sp³-hybridized carbons (Fsp3) is 0.167. The second kappa shape index (κ2) is 8.25. The number of carbonyl (C=O) groups is 1. The molecule has 0 N–H and O–H groups in total. The minimum Gasteiger partial charge on any atom is -0.289 e. The molecule has 3 aromatic carbocycles. The summed E-state index contributed by atoms with van der Waals surface area (Å²) in [6.45, 7) is 2.14. The lowest BCUT2D eigenvalue weighted by atomic mass is 9.67. The first-order valence-corrected chi connectivity index (χ1v) is 9.61. The highest BCUT2D eigenvalue weighted by atomic mass is 31.0. The molecule has 0 saturated carbocycles. The second-order valence-electron chi connectivity index (χ2n) is 6.50. The third-order valence-electron chi connectivity index (χ3n) is 4.88. The molecule has 3 aromatic rings. The molecule has 2 heteroatoms. The van der Waals surface area contributed by atoms with Crippen LogP contribution >= 0.6 is 8.86 Å². The number of hydrogen-bond acceptors (Lipinski definition) is 1. The summed E-state index contributed by atoms with van der Waals surface area (Å²) < 4.78 is 0. The third-order valence-corrected chi connectivity index (χ3v) is 5.47. The molecule has 1 atom stereocenters. The van der Waals surface area contributed by atoms with E-state index in [-0.39, 0.29) is 5.78 Å². The van der Waals surface area contributed by atoms with Gasteiger partial charge >= 0.3 is 0 Å². The first-order chi connectivity index (χ1) is 12.7. The maximum absolute atomic E-state index is 13.9. The average Bonchev–Trinajstić information content (AvgIpc) is 2.73. The molecule has 1 unspecified atom stereocenters. The molecule has 0 bridgehead atoms. The minimum atomic E-state index is -0.676. The molecular weight excluding hydrogens is 335 g/mol. The molecule has 0 aromatic heterocycles. The fourth-order valence-electron chi connectivity index (χ4n) is 3.63. The lowest BCUT2D eigenvalue weighted by molar-refractivity contribution is -0.116. The van der Waals surface area contributed by atoms with Crippen molar-refractivity contribution in [2.24, 2.45) is 0 Å². The van der Waals surface area contributed by atoms with E-state index in [9.17, 15) is 4.79 Å². The zero-order chi connectivity index (χ0) is 18.4. The maximum Gasteiger partial charge on any atom is 0.219 e. The van der Waals surface area contributed by atoms with Crippen molar-refractivity contribution in [3.8, 4) is 0 Å². The van der Waals surface area contributed by atoms with Crippen molar-refractivity contribution in [2.75, 3.05) is 0 Å². The van der Waals surface area contributed by atoms with Crippen molar-refractivity contribution in [1.82, 2.24) is 0 Å². The van der Waals surface area contributed by atoms with Gasteiger partial charge in [0.15, 0.2) is 5.29 Å². The summed E-state index contributed by atoms with van der Waals surface area (Å²) in [5.74, 6) is 0.146. The molecular formula is C24H24OP+. The van der Waals surface area contributed by atoms with Crippen LogP contribution in [0.5, 0.6) is 0 Å². The van der Waals surface area contributed by atoms with Gasteiger partial charge in [-0.2, -0.15) is 0 Å². The van der Waals surface area contributed by atoms with Gasteiger partial charge in [-0.1, -0.05) is 104 Å². The Kier molecular flexibility index (Phi) is 5.81. The molecule has 26 heavy (non-hydrogen) atoms. The molecule has 0 aliphatic rings. The first-order valence-electron chi connectivity index (χ1n) is 9.04. The molecule has 0 fully saturated rings. The van der Waals surface area contributed by atoms with Crippen LogP contribution in [0.2, 0.25) is 0 Å². The minimum absolute atomic E-state index is 0.146. The van der Waals surface area contributed by atoms with E-state index in [0.717, 1.165) is 34.8 Å². The number of carbonyl (C=O) groups excluding carboxylic acids is 1. The van der Waals surface area contributed by atoms with Gasteiger partial charge in [-0.05, 0) is 17.5 Å². The van der Waals surface area contributed by atoms with E-state index in [4.69, 9.17) is 0 Å². The topological polar surface area (TPSA) is 17.1 Å². The van der Waals surface area contributed by atoms with Crippen LogP contribution < -0.4 is 0 Å². The molecule has 3 rings (SSSR count). The molecule has 1 nitrogen and oxygen atoms in total. The van der Waals surface area contributed by atoms with Crippen LogP contribution in [0, 0.1) is 0 Å². The van der Waals surface area contributed by atoms with Crippen LogP contribution in [-0.2, 0) is 10.2 Å². The molecule has 0 radical (unpaired) electrons. The van der Waals surface area contributed by atoms with Crippen molar-refractivity contribution in [1.29, 1.82) is 0 Å². The molecule has 0 spiro atoms. The van der Waals surface area contributed by atoms with E-state index < -0.39 is 5.41 Å². The lowest BCUT2D eigenvalue weighted by Gasteiger charge is -2.33. The Labute approximate surface area is 157 Å². The Hall–Kier alpha value is -2.50. The smallest absolute Gasteiger partial charge is 0.219 e. The van der Waals surface area contributed by atoms with Gasteiger partial charge < -0.3 is 0 Å². The van der Waals surface area contributed by atoms with Crippen molar-refractivity contribution < 1.29 is 4.79 Å². The summed E-state index contributed by atoms with van der Waals surface area (Å²) >= 11 is 0. The third kappa shape index (κ3) is 3.41. The maximum atomic E-state index is 13.9. The zero-order valence-corrected chi connectivity index (χ0v) is 16.2. The predicted molar refractivity (Wildman–Crippen MR) is 114 cm³/mol. The highest BCUT2D eigenvalue weighted by molar-refractivity contribution is 7.27. The quantitative estimate of drug-likeness (QED) is 0.514. The van der Waals surface area contributed by atoms with E-state index in [1.54, 1.807) is 0 Å². The average molecular weight is 359 g/mol. The highest BCUT2D eigenvalue weighted by Gasteiger charge is 2.44. The standard InChI is InChI=1S/C24H23OP/c1-2-18-24(20-14-8-4-9-15-20,21-16-10-5-11-17-21)23(25)22(26)19-12-6-3-7-13-19/h3-17,26H,2,18H2,1H3/p+1. The number of benzene rings is 3. The SMILES string of the molecule is CCCC(C(=O)C(=[PH2+])c1ccccc1)(c1ccccc1)c1ccccc1. The molecule has 0 aliphatic heterocycles. The summed E-state index contributed by atoms with van der Waals surface area (Å²) in [7, 11) is 2.69. The van der Waals surface area contributed by atoms with Gasteiger partial charge in [0.05, 0.1) is 14.3 Å². The molecule has 0 aliphatic carbocycles. The van der Waals surface area contributed by atoms with E-state index in [0.29, 0.717) is 0 Å². The van der Waals surface area contributed by atoms with Crippen LogP contribution in [0.1, 0.15) is 36.5 Å². The van der Waals surface area contributed by atoms with Gasteiger partial charge in [0.2, 0.25) is 5.78 Å². The van der Waals surface area contributed by atoms with E-state index in [1.165, 1.54) is 0 Å². The number of rotatable bonds is 7. The Balaban J connectivity index is 2.20. The highest BCUT2D eigenvalue weighted by Crippen LogP contribution is 2.39. The van der Waals surface area contributed by atoms with Gasteiger partial charge in [-0.25, -0.2) is 0 Å². The predicted octanol–water partition coefficient (Wildman–Crippen LogP) is 5.44. The number of ketones is 1. The molecule has 130 valence electrons. The van der Waals surface area contributed by atoms with Crippen molar-refractivity contribution >= 4 is 19.9 Å². The van der Waals surface area contributed by atoms with Gasteiger partial charge in [0.1, 0.15) is 0 Å². The van der Waals surface area contributed by atoms with Gasteiger partial charge in [-0.15, -0.1) is 0 Å². The van der Waals surface area contributed by atoms with Gasteiger partial charge in [0.25, 0.3) is 0 Å². The Morgan fingerprint density at radius 2 is 1.19 bits per heavy atom. The first kappa shape index (κ1) is 18.3. The van der Waals surface area contributed by atoms with E-state index in [2.05, 4.69) is 40.1 Å². The summed E-state index contributed by atoms with van der Waals surface area (Å²) in [5.41, 5.74) is 2.38. The number of Topliss-reactive ketones (excluding diaryl/α,β-unsaturated/α-hetero) is 1. The van der Waals surface area contributed by atoms with Crippen molar-refractivity contribution in [3.63, 3.8) is 0 Å². The summed E-state index contributed by atoms with van der Waals surface area (Å²) in [5, 5.41) is 0.728. The van der Waals surface area contributed by atoms with Crippen LogP contribution in [0.15, 0.2) is 91.0 Å². The van der Waals surface area contributed by atoms with Crippen molar-refractivity contribution in [2.45, 2.75) is 25.2 Å². The Morgan fingerprint density at radius 1 is 0.769 bits per heavy atom. The molecule has 0 amide bonds.